The van der Waals surface area contributed by atoms with E-state index in [9.17, 15) is 0 Å². The van der Waals surface area contributed by atoms with Crippen molar-refractivity contribution in [1.82, 2.24) is 0 Å². The molecule has 4 aliphatic rings. The third-order valence-electron chi connectivity index (χ3n) is 5.95. The van der Waals surface area contributed by atoms with Gasteiger partial charge in [0.05, 0.1) is 0 Å². The number of hydrogen-bond acceptors (Lipinski definition) is 0. The Morgan fingerprint density at radius 2 is 0.560 bits per heavy atom. The van der Waals surface area contributed by atoms with Crippen LogP contribution >= 0.6 is 0 Å². The van der Waals surface area contributed by atoms with E-state index in [1.165, 1.54) is 22.3 Å². The van der Waals surface area contributed by atoms with E-state index in [1.54, 1.807) is 46.7 Å². The average Bonchev–Trinajstić information content (AvgIpc) is 3.66. The van der Waals surface area contributed by atoms with Crippen LogP contribution in [0.3, 0.4) is 0 Å². The first-order chi connectivity index (χ1) is 21.8. The van der Waals surface area contributed by atoms with Gasteiger partial charge in [0.15, 0.2) is 0 Å². The summed E-state index contributed by atoms with van der Waals surface area (Å²) in [6.07, 6.45) is 39.4. The molecule has 0 radical (unpaired) electrons. The molecule has 0 heterocycles. The second kappa shape index (κ2) is 30.0. The van der Waals surface area contributed by atoms with E-state index >= 15 is 0 Å². The molecule has 280 valence electrons. The molecule has 0 aromatic heterocycles. The van der Waals surface area contributed by atoms with Gasteiger partial charge in [-0.25, -0.2) is 46.6 Å². The van der Waals surface area contributed by atoms with Crippen molar-refractivity contribution in [2.45, 2.75) is 161 Å². The minimum atomic E-state index is 0. The molecule has 0 spiro atoms. The summed E-state index contributed by atoms with van der Waals surface area (Å²) in [7, 11) is 0. The summed E-state index contributed by atoms with van der Waals surface area (Å²) >= 11 is 3.48. The summed E-state index contributed by atoms with van der Waals surface area (Å²) < 4.78 is 0. The first-order valence-electron chi connectivity index (χ1n) is 17.9. The fourth-order valence-electron chi connectivity index (χ4n) is 4.57. The van der Waals surface area contributed by atoms with Crippen molar-refractivity contribution in [1.29, 1.82) is 0 Å². The van der Waals surface area contributed by atoms with Gasteiger partial charge < -0.3 is 24.8 Å². The molecule has 0 aromatic rings. The van der Waals surface area contributed by atoms with Gasteiger partial charge in [-0.05, 0) is 21.7 Å². The number of halogens is 2. The van der Waals surface area contributed by atoms with Crippen LogP contribution in [-0.2, 0) is 46.7 Å². The fourth-order valence-corrected chi connectivity index (χ4v) is 4.57. The van der Waals surface area contributed by atoms with E-state index in [-0.39, 0.29) is 35.7 Å². The third kappa shape index (κ3) is 46.7. The first-order valence-corrected chi connectivity index (χ1v) is 30.2. The Morgan fingerprint density at radius 3 is 0.640 bits per heavy atom. The maximum atomic E-state index is 3.32. The predicted molar refractivity (Wildman–Crippen MR) is 213 cm³/mol. The van der Waals surface area contributed by atoms with Crippen LogP contribution in [0.25, 0.3) is 0 Å². The molecule has 4 aliphatic carbocycles. The van der Waals surface area contributed by atoms with Gasteiger partial charge in [0, 0.05) is 0 Å². The number of hydrogen-bond donors (Lipinski definition) is 0. The largest absolute Gasteiger partial charge is 1.00 e. The second-order valence-corrected chi connectivity index (χ2v) is 36.9. The third-order valence-corrected chi connectivity index (χ3v) is 5.95. The molecule has 0 atom stereocenters. The summed E-state index contributed by atoms with van der Waals surface area (Å²) in [4.78, 5) is 0. The van der Waals surface area contributed by atoms with Gasteiger partial charge in [-0.1, -0.05) is 109 Å². The molecule has 0 bridgehead atoms. The summed E-state index contributed by atoms with van der Waals surface area (Å²) in [6, 6.07) is 0. The molecular formula is C44H72Cl2Si2Zr2-2. The molecule has 0 fully saturated rings. The van der Waals surface area contributed by atoms with E-state index < -0.39 is 0 Å². The van der Waals surface area contributed by atoms with Crippen molar-refractivity contribution in [3.63, 3.8) is 0 Å². The zero-order valence-electron chi connectivity index (χ0n) is 35.0. The van der Waals surface area contributed by atoms with E-state index in [0.29, 0.717) is 21.7 Å². The average molecular weight is 911 g/mol. The Balaban J connectivity index is -0.000000260. The molecular weight excluding hydrogens is 838 g/mol. The van der Waals surface area contributed by atoms with Crippen LogP contribution in [0.2, 0.25) is 26.2 Å². The molecule has 0 aliphatic heterocycles. The minimum Gasteiger partial charge on any atom is -1.00 e. The topological polar surface area (TPSA) is 0 Å². The second-order valence-electron chi connectivity index (χ2n) is 18.2. The van der Waals surface area contributed by atoms with Crippen molar-refractivity contribution >= 4 is 10.9 Å². The van der Waals surface area contributed by atoms with E-state index in [2.05, 4.69) is 182 Å². The van der Waals surface area contributed by atoms with Gasteiger partial charge in [-0.15, -0.1) is 25.7 Å². The van der Waals surface area contributed by atoms with Crippen LogP contribution in [0.15, 0.2) is 70.9 Å². The summed E-state index contributed by atoms with van der Waals surface area (Å²) in [6.45, 7) is 36.3. The van der Waals surface area contributed by atoms with Gasteiger partial charge in [0.2, 0.25) is 0 Å². The van der Waals surface area contributed by atoms with Crippen LogP contribution < -0.4 is 24.8 Å². The van der Waals surface area contributed by atoms with Crippen molar-refractivity contribution in [3.8, 4) is 0 Å². The van der Waals surface area contributed by atoms with Gasteiger partial charge in [0.25, 0.3) is 0 Å². The molecule has 0 amide bonds. The number of allylic oxidation sites excluding steroid dienone is 16. The van der Waals surface area contributed by atoms with E-state index in [0.717, 1.165) is 51.4 Å². The van der Waals surface area contributed by atoms with Gasteiger partial charge in [-0.3, -0.25) is 24.3 Å². The zero-order valence-corrected chi connectivity index (χ0v) is 43.5. The normalized spacial score (nSPS) is 15.3. The Kier molecular flexibility index (Phi) is 34.4. The molecule has 6 heteroatoms. The molecule has 0 nitrogen and oxygen atoms in total. The minimum absolute atomic E-state index is 0. The fraction of sp³-hybridized carbons (Fsp3) is 0.636. The maximum Gasteiger partial charge on any atom is -1.00 e. The van der Waals surface area contributed by atoms with Crippen molar-refractivity contribution in [3.05, 3.63) is 95.2 Å². The molecule has 0 saturated carbocycles. The van der Waals surface area contributed by atoms with Crippen LogP contribution in [-0.4, -0.2) is 10.9 Å². The van der Waals surface area contributed by atoms with E-state index in [1.807, 2.05) is 0 Å². The Labute approximate surface area is 356 Å². The van der Waals surface area contributed by atoms with Crippen LogP contribution in [0.1, 0.15) is 134 Å². The molecule has 0 aromatic carbocycles. The summed E-state index contributed by atoms with van der Waals surface area (Å²) in [5.41, 5.74) is 7.60. The number of rotatable bonds is 4. The summed E-state index contributed by atoms with van der Waals surface area (Å²) in [5, 5.41) is 0. The molecule has 4 rings (SSSR count). The standard InChI is InChI=1S/4C10H15.2C2H6Si.2ClH.2Zr/c4*1-10(2,3)8-9-6-4-5-7-9;2*1-3-2;;;;/h4*4,6H,5,8H2,1-3H3;2*1-2H3;2*1H;;/q4*-1;;;;;2*+2/p-2. The SMILES string of the molecule is CC(C)(C)CC1=[C-]CC=C1.CC(C)(C)CC1=[C-]CC=C1.CC(C)(C)CC1=[C-]CC=C1.CC(C)(C)CC1=[C-]CC=C1.C[Si](C)=[Zr+2].C[Si](C)=[Zr+2].[Cl-].[Cl-]. The quantitative estimate of drug-likeness (QED) is 0.198. The molecule has 0 unspecified atom stereocenters. The zero-order chi connectivity index (χ0) is 37.6. The van der Waals surface area contributed by atoms with Gasteiger partial charge in [0.1, 0.15) is 0 Å². The molecule has 0 saturated heterocycles. The van der Waals surface area contributed by atoms with Gasteiger partial charge in [-0.2, -0.15) is 24.3 Å². The van der Waals surface area contributed by atoms with Crippen LogP contribution in [0.5, 0.6) is 0 Å². The van der Waals surface area contributed by atoms with Crippen molar-refractivity contribution in [2.75, 3.05) is 0 Å². The van der Waals surface area contributed by atoms with Crippen molar-refractivity contribution < 1.29 is 71.5 Å². The van der Waals surface area contributed by atoms with Crippen LogP contribution in [0.4, 0.5) is 0 Å². The molecule has 50 heavy (non-hydrogen) atoms. The Bertz CT molecular complexity index is 1030. The Morgan fingerprint density at radius 1 is 0.420 bits per heavy atom. The van der Waals surface area contributed by atoms with Gasteiger partial charge >= 0.3 is 83.7 Å². The first kappa shape index (κ1) is 57.4. The monoisotopic (exact) mass is 906 g/mol. The maximum absolute atomic E-state index is 3.32. The smallest absolute Gasteiger partial charge is 1.00 e. The predicted octanol–water partition coefficient (Wildman–Crippen LogP) is 8.02. The van der Waals surface area contributed by atoms with E-state index in [4.69, 9.17) is 0 Å². The van der Waals surface area contributed by atoms with Crippen molar-refractivity contribution in [2.24, 2.45) is 21.7 Å². The summed E-state index contributed by atoms with van der Waals surface area (Å²) in [5.74, 6) is 0. The molecule has 0 N–H and O–H groups in total. The van der Waals surface area contributed by atoms with Crippen LogP contribution in [0, 0.1) is 46.0 Å². The Hall–Kier alpha value is 0.700.